The Morgan fingerprint density at radius 1 is 1.45 bits per heavy atom. The Morgan fingerprint density at radius 3 is 2.55 bits per heavy atom. The SMILES string of the molecule is Cc1cc(Cl)nc(C)c1CCl. The number of aryl methyl sites for hydroxylation is 2. The van der Waals surface area contributed by atoms with E-state index in [-0.39, 0.29) is 0 Å². The van der Waals surface area contributed by atoms with E-state index in [1.165, 1.54) is 0 Å². The number of alkyl halides is 1. The quantitative estimate of drug-likeness (QED) is 0.489. The molecule has 0 saturated heterocycles. The van der Waals surface area contributed by atoms with E-state index in [1.54, 1.807) is 0 Å². The maximum absolute atomic E-state index is 5.72. The average molecular weight is 190 g/mol. The average Bonchev–Trinajstić information content (AvgIpc) is 1.85. The monoisotopic (exact) mass is 189 g/mol. The first-order valence-corrected chi connectivity index (χ1v) is 4.25. The summed E-state index contributed by atoms with van der Waals surface area (Å²) in [6.07, 6.45) is 0. The molecule has 0 amide bonds. The van der Waals surface area contributed by atoms with Crippen molar-refractivity contribution in [2.45, 2.75) is 19.7 Å². The smallest absolute Gasteiger partial charge is 0.129 e. The van der Waals surface area contributed by atoms with Crippen LogP contribution in [-0.4, -0.2) is 4.98 Å². The highest BCUT2D eigenvalue weighted by Crippen LogP contribution is 2.17. The number of halogens is 2. The molecule has 1 nitrogen and oxygen atoms in total. The van der Waals surface area contributed by atoms with Crippen LogP contribution in [0, 0.1) is 13.8 Å². The van der Waals surface area contributed by atoms with Gasteiger partial charge < -0.3 is 0 Å². The Hall–Kier alpha value is -0.270. The van der Waals surface area contributed by atoms with Gasteiger partial charge in [-0.1, -0.05) is 11.6 Å². The fraction of sp³-hybridized carbons (Fsp3) is 0.375. The van der Waals surface area contributed by atoms with Gasteiger partial charge in [-0.3, -0.25) is 0 Å². The lowest BCUT2D eigenvalue weighted by molar-refractivity contribution is 1.10. The van der Waals surface area contributed by atoms with Gasteiger partial charge in [0.2, 0.25) is 0 Å². The molecule has 1 heterocycles. The van der Waals surface area contributed by atoms with Gasteiger partial charge in [-0.05, 0) is 31.0 Å². The molecular formula is C8H9Cl2N. The van der Waals surface area contributed by atoms with Crippen molar-refractivity contribution >= 4 is 23.2 Å². The van der Waals surface area contributed by atoms with Crippen molar-refractivity contribution in [3.05, 3.63) is 28.0 Å². The van der Waals surface area contributed by atoms with Crippen molar-refractivity contribution in [1.29, 1.82) is 0 Å². The second-order valence-electron chi connectivity index (χ2n) is 2.46. The topological polar surface area (TPSA) is 12.9 Å². The zero-order valence-electron chi connectivity index (χ0n) is 6.49. The minimum atomic E-state index is 0.502. The molecule has 1 aromatic heterocycles. The van der Waals surface area contributed by atoms with Crippen LogP contribution in [-0.2, 0) is 5.88 Å². The number of nitrogens with zero attached hydrogens (tertiary/aromatic N) is 1. The van der Waals surface area contributed by atoms with E-state index < -0.39 is 0 Å². The van der Waals surface area contributed by atoms with Gasteiger partial charge in [-0.2, -0.15) is 0 Å². The molecule has 0 aliphatic carbocycles. The molecule has 11 heavy (non-hydrogen) atoms. The minimum Gasteiger partial charge on any atom is -0.241 e. The molecule has 0 radical (unpaired) electrons. The molecule has 0 atom stereocenters. The molecule has 0 aliphatic rings. The fourth-order valence-corrected chi connectivity index (χ4v) is 1.71. The molecule has 0 spiro atoms. The van der Waals surface area contributed by atoms with Crippen molar-refractivity contribution in [2.75, 3.05) is 0 Å². The fourth-order valence-electron chi connectivity index (χ4n) is 1.01. The van der Waals surface area contributed by atoms with E-state index in [0.717, 1.165) is 16.8 Å². The predicted octanol–water partition coefficient (Wildman–Crippen LogP) is 3.09. The highest BCUT2D eigenvalue weighted by atomic mass is 35.5. The molecule has 0 aromatic carbocycles. The van der Waals surface area contributed by atoms with Crippen LogP contribution < -0.4 is 0 Å². The molecule has 60 valence electrons. The first kappa shape index (κ1) is 8.82. The standard InChI is InChI=1S/C8H9Cl2N/c1-5-3-8(10)11-6(2)7(5)4-9/h3H,4H2,1-2H3. The molecule has 0 saturated carbocycles. The normalized spacial score (nSPS) is 10.2. The van der Waals surface area contributed by atoms with E-state index in [2.05, 4.69) is 4.98 Å². The third-order valence-corrected chi connectivity index (χ3v) is 2.12. The Bertz CT molecular complexity index is 248. The molecule has 1 rings (SSSR count). The zero-order chi connectivity index (χ0) is 8.43. The molecule has 3 heteroatoms. The van der Waals surface area contributed by atoms with Crippen molar-refractivity contribution in [1.82, 2.24) is 4.98 Å². The maximum atomic E-state index is 5.72. The van der Waals surface area contributed by atoms with Gasteiger partial charge >= 0.3 is 0 Å². The summed E-state index contributed by atoms with van der Waals surface area (Å²) in [5, 5.41) is 0.536. The van der Waals surface area contributed by atoms with Crippen LogP contribution >= 0.6 is 23.2 Å². The molecule has 0 fully saturated rings. The van der Waals surface area contributed by atoms with E-state index in [9.17, 15) is 0 Å². The van der Waals surface area contributed by atoms with Crippen LogP contribution in [0.3, 0.4) is 0 Å². The van der Waals surface area contributed by atoms with Crippen molar-refractivity contribution in [3.63, 3.8) is 0 Å². The van der Waals surface area contributed by atoms with Crippen LogP contribution in [0.1, 0.15) is 16.8 Å². The third kappa shape index (κ3) is 1.85. The van der Waals surface area contributed by atoms with Gasteiger partial charge in [0.1, 0.15) is 5.15 Å². The number of aromatic nitrogens is 1. The number of hydrogen-bond acceptors (Lipinski definition) is 1. The zero-order valence-corrected chi connectivity index (χ0v) is 8.00. The Morgan fingerprint density at radius 2 is 2.09 bits per heavy atom. The van der Waals surface area contributed by atoms with Crippen LogP contribution in [0.2, 0.25) is 5.15 Å². The van der Waals surface area contributed by atoms with E-state index in [0.29, 0.717) is 11.0 Å². The number of hydrogen-bond donors (Lipinski definition) is 0. The summed E-state index contributed by atoms with van der Waals surface area (Å²) in [4.78, 5) is 4.09. The molecule has 0 N–H and O–H groups in total. The molecule has 0 bridgehead atoms. The summed E-state index contributed by atoms with van der Waals surface area (Å²) in [5.74, 6) is 0.502. The van der Waals surface area contributed by atoms with Gasteiger partial charge in [-0.15, -0.1) is 11.6 Å². The largest absolute Gasteiger partial charge is 0.241 e. The summed E-state index contributed by atoms with van der Waals surface area (Å²) < 4.78 is 0. The third-order valence-electron chi connectivity index (χ3n) is 1.66. The number of rotatable bonds is 1. The van der Waals surface area contributed by atoms with Crippen molar-refractivity contribution in [3.8, 4) is 0 Å². The summed E-state index contributed by atoms with van der Waals surface area (Å²) in [6, 6.07) is 1.83. The minimum absolute atomic E-state index is 0.502. The second kappa shape index (κ2) is 3.42. The summed E-state index contributed by atoms with van der Waals surface area (Å²) in [5.41, 5.74) is 3.11. The molecule has 0 unspecified atom stereocenters. The van der Waals surface area contributed by atoms with Crippen LogP contribution in [0.15, 0.2) is 6.07 Å². The van der Waals surface area contributed by atoms with Gasteiger partial charge in [0.05, 0.1) is 0 Å². The van der Waals surface area contributed by atoms with Crippen molar-refractivity contribution < 1.29 is 0 Å². The lowest BCUT2D eigenvalue weighted by atomic mass is 10.1. The summed E-state index contributed by atoms with van der Waals surface area (Å²) in [7, 11) is 0. The van der Waals surface area contributed by atoms with Gasteiger partial charge in [0, 0.05) is 11.6 Å². The molecule has 1 aromatic rings. The Labute approximate surface area is 76.4 Å². The lowest BCUT2D eigenvalue weighted by Gasteiger charge is -2.04. The first-order valence-electron chi connectivity index (χ1n) is 3.33. The van der Waals surface area contributed by atoms with E-state index in [4.69, 9.17) is 23.2 Å². The Kier molecular flexibility index (Phi) is 2.74. The van der Waals surface area contributed by atoms with Gasteiger partial charge in [0.25, 0.3) is 0 Å². The lowest BCUT2D eigenvalue weighted by Crippen LogP contribution is -1.93. The highest BCUT2D eigenvalue weighted by Gasteiger charge is 2.03. The maximum Gasteiger partial charge on any atom is 0.129 e. The highest BCUT2D eigenvalue weighted by molar-refractivity contribution is 6.29. The van der Waals surface area contributed by atoms with Crippen LogP contribution in [0.25, 0.3) is 0 Å². The number of pyridine rings is 1. The van der Waals surface area contributed by atoms with Crippen molar-refractivity contribution in [2.24, 2.45) is 0 Å². The second-order valence-corrected chi connectivity index (χ2v) is 3.11. The first-order chi connectivity index (χ1) is 5.15. The molecular weight excluding hydrogens is 181 g/mol. The summed E-state index contributed by atoms with van der Waals surface area (Å²) >= 11 is 11.4. The Balaban J connectivity index is 3.25. The van der Waals surface area contributed by atoms with Crippen LogP contribution in [0.5, 0.6) is 0 Å². The van der Waals surface area contributed by atoms with Gasteiger partial charge in [-0.25, -0.2) is 4.98 Å². The van der Waals surface area contributed by atoms with Crippen LogP contribution in [0.4, 0.5) is 0 Å². The summed E-state index contributed by atoms with van der Waals surface area (Å²) in [6.45, 7) is 3.90. The van der Waals surface area contributed by atoms with Gasteiger partial charge in [0.15, 0.2) is 0 Å². The predicted molar refractivity (Wildman–Crippen MR) is 48.3 cm³/mol. The van der Waals surface area contributed by atoms with E-state index in [1.807, 2.05) is 19.9 Å². The molecule has 0 aliphatic heterocycles. The van der Waals surface area contributed by atoms with E-state index >= 15 is 0 Å².